The fourth-order valence-electron chi connectivity index (χ4n) is 4.01. The largest absolute Gasteiger partial charge is 0.343 e. The average molecular weight is 404 g/mol. The minimum Gasteiger partial charge on any atom is -0.343 e. The van der Waals surface area contributed by atoms with E-state index in [1.807, 2.05) is 41.3 Å². The van der Waals surface area contributed by atoms with Gasteiger partial charge in [-0.3, -0.25) is 9.59 Å². The standard InChI is InChI=1S/C25H29N3O2/c26-16-7-17-28(23-10-5-2-6-11-23)25(30)13-12-24(29)27-18-14-22(15-19-27)20-21-8-3-1-4-9-21/h1-6,8-11,22H,7,12-15,17-20H2. The van der Waals surface area contributed by atoms with E-state index in [0.717, 1.165) is 38.0 Å². The molecule has 5 heteroatoms. The number of hydrogen-bond acceptors (Lipinski definition) is 3. The summed E-state index contributed by atoms with van der Waals surface area (Å²) in [5.74, 6) is 0.552. The molecule has 0 saturated carbocycles. The smallest absolute Gasteiger partial charge is 0.227 e. The Kier molecular flexibility index (Phi) is 8.02. The van der Waals surface area contributed by atoms with E-state index in [4.69, 9.17) is 5.26 Å². The molecule has 0 spiro atoms. The second-order valence-electron chi connectivity index (χ2n) is 7.80. The van der Waals surface area contributed by atoms with Gasteiger partial charge in [0, 0.05) is 38.2 Å². The Morgan fingerprint density at radius 3 is 2.23 bits per heavy atom. The summed E-state index contributed by atoms with van der Waals surface area (Å²) in [5, 5.41) is 8.90. The first-order valence-corrected chi connectivity index (χ1v) is 10.7. The van der Waals surface area contributed by atoms with Gasteiger partial charge >= 0.3 is 0 Å². The van der Waals surface area contributed by atoms with Gasteiger partial charge in [-0.15, -0.1) is 0 Å². The molecule has 156 valence electrons. The minimum atomic E-state index is -0.108. The maximum absolute atomic E-state index is 12.7. The van der Waals surface area contributed by atoms with Crippen LogP contribution in [0.2, 0.25) is 0 Å². The molecule has 0 aliphatic carbocycles. The number of nitriles is 1. The van der Waals surface area contributed by atoms with Crippen molar-refractivity contribution in [3.05, 3.63) is 66.2 Å². The molecule has 0 unspecified atom stereocenters. The van der Waals surface area contributed by atoms with Crippen LogP contribution in [-0.2, 0) is 16.0 Å². The van der Waals surface area contributed by atoms with E-state index >= 15 is 0 Å². The summed E-state index contributed by atoms with van der Waals surface area (Å²) in [7, 11) is 0. The Morgan fingerprint density at radius 1 is 0.967 bits per heavy atom. The fraction of sp³-hybridized carbons (Fsp3) is 0.400. The molecule has 2 aromatic rings. The third-order valence-corrected chi connectivity index (χ3v) is 5.70. The summed E-state index contributed by atoms with van der Waals surface area (Å²) in [6.45, 7) is 1.88. The number of anilines is 1. The average Bonchev–Trinajstić information content (AvgIpc) is 2.79. The molecule has 0 radical (unpaired) electrons. The maximum Gasteiger partial charge on any atom is 0.227 e. The van der Waals surface area contributed by atoms with E-state index in [9.17, 15) is 9.59 Å². The van der Waals surface area contributed by atoms with Crippen molar-refractivity contribution in [2.75, 3.05) is 24.5 Å². The number of benzene rings is 2. The Hall–Kier alpha value is -3.13. The molecule has 0 bridgehead atoms. The van der Waals surface area contributed by atoms with Gasteiger partial charge in [-0.2, -0.15) is 5.26 Å². The van der Waals surface area contributed by atoms with Crippen molar-refractivity contribution >= 4 is 17.5 Å². The van der Waals surface area contributed by atoms with Crippen LogP contribution in [0.15, 0.2) is 60.7 Å². The molecular formula is C25H29N3O2. The van der Waals surface area contributed by atoms with Gasteiger partial charge in [-0.05, 0) is 42.9 Å². The van der Waals surface area contributed by atoms with Crippen LogP contribution in [0.25, 0.3) is 0 Å². The summed E-state index contributed by atoms with van der Waals surface area (Å²) in [6, 6.07) is 21.9. The number of nitrogens with zero attached hydrogens (tertiary/aromatic N) is 3. The molecule has 2 amide bonds. The molecule has 2 aromatic carbocycles. The van der Waals surface area contributed by atoms with Crippen molar-refractivity contribution in [3.8, 4) is 6.07 Å². The highest BCUT2D eigenvalue weighted by Crippen LogP contribution is 2.22. The highest BCUT2D eigenvalue weighted by atomic mass is 16.2. The maximum atomic E-state index is 12.7. The summed E-state index contributed by atoms with van der Waals surface area (Å²) in [5.41, 5.74) is 2.12. The van der Waals surface area contributed by atoms with Crippen molar-refractivity contribution in [3.63, 3.8) is 0 Å². The molecule has 0 aromatic heterocycles. The van der Waals surface area contributed by atoms with Gasteiger partial charge in [0.1, 0.15) is 0 Å². The van der Waals surface area contributed by atoms with Crippen molar-refractivity contribution in [2.45, 2.75) is 38.5 Å². The normalized spacial score (nSPS) is 14.2. The molecule has 0 atom stereocenters. The quantitative estimate of drug-likeness (QED) is 0.664. The molecule has 30 heavy (non-hydrogen) atoms. The van der Waals surface area contributed by atoms with E-state index in [0.29, 0.717) is 12.5 Å². The number of likely N-dealkylation sites (tertiary alicyclic amines) is 1. The van der Waals surface area contributed by atoms with Crippen molar-refractivity contribution < 1.29 is 9.59 Å². The first-order valence-electron chi connectivity index (χ1n) is 10.7. The molecule has 1 fully saturated rings. The van der Waals surface area contributed by atoms with Crippen molar-refractivity contribution in [2.24, 2.45) is 5.92 Å². The lowest BCUT2D eigenvalue weighted by atomic mass is 9.90. The van der Waals surface area contributed by atoms with Gasteiger partial charge in [-0.25, -0.2) is 0 Å². The summed E-state index contributed by atoms with van der Waals surface area (Å²) < 4.78 is 0. The summed E-state index contributed by atoms with van der Waals surface area (Å²) in [6.07, 6.45) is 3.73. The van der Waals surface area contributed by atoms with Crippen LogP contribution in [0.1, 0.15) is 37.7 Å². The summed E-state index contributed by atoms with van der Waals surface area (Å²) >= 11 is 0. The molecule has 3 rings (SSSR count). The number of carbonyl (C=O) groups is 2. The predicted octanol–water partition coefficient (Wildman–Crippen LogP) is 4.19. The second-order valence-corrected chi connectivity index (χ2v) is 7.80. The summed E-state index contributed by atoms with van der Waals surface area (Å²) in [4.78, 5) is 28.9. The van der Waals surface area contributed by atoms with Gasteiger partial charge in [-0.1, -0.05) is 48.5 Å². The monoisotopic (exact) mass is 403 g/mol. The van der Waals surface area contributed by atoms with E-state index < -0.39 is 0 Å². The van der Waals surface area contributed by atoms with Crippen LogP contribution in [-0.4, -0.2) is 36.3 Å². The van der Waals surface area contributed by atoms with Gasteiger partial charge in [0.15, 0.2) is 0 Å². The number of hydrogen-bond donors (Lipinski definition) is 0. The Bertz CT molecular complexity index is 853. The van der Waals surface area contributed by atoms with Gasteiger partial charge < -0.3 is 9.80 Å². The number of para-hydroxylation sites is 1. The second kappa shape index (κ2) is 11.2. The van der Waals surface area contributed by atoms with E-state index in [1.54, 1.807) is 4.90 Å². The van der Waals surface area contributed by atoms with Crippen LogP contribution in [0.5, 0.6) is 0 Å². The van der Waals surface area contributed by atoms with Crippen LogP contribution < -0.4 is 4.90 Å². The lowest BCUT2D eigenvalue weighted by Crippen LogP contribution is -2.39. The highest BCUT2D eigenvalue weighted by Gasteiger charge is 2.24. The van der Waals surface area contributed by atoms with Gasteiger partial charge in [0.25, 0.3) is 0 Å². The topological polar surface area (TPSA) is 64.4 Å². The minimum absolute atomic E-state index is 0.0507. The van der Waals surface area contributed by atoms with Crippen molar-refractivity contribution in [1.82, 2.24) is 4.90 Å². The zero-order chi connectivity index (χ0) is 21.2. The van der Waals surface area contributed by atoms with E-state index in [1.165, 1.54) is 5.56 Å². The zero-order valence-corrected chi connectivity index (χ0v) is 17.4. The lowest BCUT2D eigenvalue weighted by Gasteiger charge is -2.32. The number of rotatable bonds is 8. The van der Waals surface area contributed by atoms with Crippen LogP contribution in [0.3, 0.4) is 0 Å². The third-order valence-electron chi connectivity index (χ3n) is 5.70. The zero-order valence-electron chi connectivity index (χ0n) is 17.4. The Balaban J connectivity index is 1.46. The highest BCUT2D eigenvalue weighted by molar-refractivity contribution is 5.95. The first kappa shape index (κ1) is 21.6. The molecule has 1 saturated heterocycles. The number of amides is 2. The third kappa shape index (κ3) is 6.18. The molecule has 1 aliphatic heterocycles. The number of piperidine rings is 1. The van der Waals surface area contributed by atoms with Gasteiger partial charge in [0.05, 0.1) is 12.5 Å². The van der Waals surface area contributed by atoms with Crippen LogP contribution >= 0.6 is 0 Å². The molecule has 1 heterocycles. The molecule has 0 N–H and O–H groups in total. The molecular weight excluding hydrogens is 374 g/mol. The van der Waals surface area contributed by atoms with Crippen LogP contribution in [0, 0.1) is 17.2 Å². The predicted molar refractivity (Wildman–Crippen MR) is 118 cm³/mol. The Labute approximate surface area is 178 Å². The number of carbonyl (C=O) groups excluding carboxylic acids is 2. The molecule has 5 nitrogen and oxygen atoms in total. The van der Waals surface area contributed by atoms with Crippen LogP contribution in [0.4, 0.5) is 5.69 Å². The van der Waals surface area contributed by atoms with E-state index in [-0.39, 0.29) is 31.1 Å². The van der Waals surface area contributed by atoms with E-state index in [2.05, 4.69) is 30.3 Å². The van der Waals surface area contributed by atoms with Crippen molar-refractivity contribution in [1.29, 1.82) is 5.26 Å². The fourth-order valence-corrected chi connectivity index (χ4v) is 4.01. The first-order chi connectivity index (χ1) is 14.7. The molecule has 1 aliphatic rings. The van der Waals surface area contributed by atoms with Gasteiger partial charge in [0.2, 0.25) is 11.8 Å². The lowest BCUT2D eigenvalue weighted by molar-refractivity contribution is -0.134. The Morgan fingerprint density at radius 2 is 1.60 bits per heavy atom. The SMILES string of the molecule is N#CCCN(C(=O)CCC(=O)N1CCC(Cc2ccccc2)CC1)c1ccccc1.